The summed E-state index contributed by atoms with van der Waals surface area (Å²) in [7, 11) is 1.82. The number of ether oxygens (including phenoxy) is 1. The summed E-state index contributed by atoms with van der Waals surface area (Å²) >= 11 is 0. The van der Waals surface area contributed by atoms with E-state index in [1.165, 1.54) is 12.1 Å². The lowest BCUT2D eigenvalue weighted by Gasteiger charge is -2.45. The molecular formula is C31H27N3O5. The number of aromatic carboxylic acids is 1. The van der Waals surface area contributed by atoms with Crippen molar-refractivity contribution in [2.45, 2.75) is 18.4 Å². The summed E-state index contributed by atoms with van der Waals surface area (Å²) in [6, 6.07) is 19.3. The van der Waals surface area contributed by atoms with Crippen molar-refractivity contribution >= 4 is 17.5 Å². The molecule has 4 aromatic rings. The number of aryl methyl sites for hydroxylation is 1. The van der Waals surface area contributed by atoms with Crippen molar-refractivity contribution < 1.29 is 24.2 Å². The van der Waals surface area contributed by atoms with Crippen molar-refractivity contribution in [1.82, 2.24) is 15.1 Å². The summed E-state index contributed by atoms with van der Waals surface area (Å²) in [6.45, 7) is 1.20. The highest BCUT2D eigenvalue weighted by molar-refractivity contribution is 6.21. The Morgan fingerprint density at radius 3 is 2.44 bits per heavy atom. The van der Waals surface area contributed by atoms with E-state index in [1.807, 2.05) is 49.6 Å². The van der Waals surface area contributed by atoms with Crippen molar-refractivity contribution in [3.8, 4) is 28.0 Å². The lowest BCUT2D eigenvalue weighted by atomic mass is 9.69. The molecule has 2 N–H and O–H groups in total. The Morgan fingerprint density at radius 2 is 1.74 bits per heavy atom. The van der Waals surface area contributed by atoms with Gasteiger partial charge in [-0.3, -0.25) is 14.3 Å². The number of Topliss-reactive ketones (excluding diaryl/α,β-unsaturated/α-hetero) is 2. The maximum absolute atomic E-state index is 14.5. The molecule has 1 atom stereocenters. The number of carbonyl (C=O) groups excluding carboxylic acids is 2. The molecule has 3 heterocycles. The Morgan fingerprint density at radius 1 is 0.974 bits per heavy atom. The van der Waals surface area contributed by atoms with E-state index >= 15 is 0 Å². The third-order valence-electron chi connectivity index (χ3n) is 7.71. The van der Waals surface area contributed by atoms with Crippen LogP contribution in [0.5, 0.6) is 5.75 Å². The Hall–Kier alpha value is -4.56. The predicted molar refractivity (Wildman–Crippen MR) is 145 cm³/mol. The highest BCUT2D eigenvalue weighted by Gasteiger charge is 2.54. The van der Waals surface area contributed by atoms with Gasteiger partial charge < -0.3 is 15.2 Å². The quantitative estimate of drug-likeness (QED) is 0.291. The number of carboxylic acids is 1. The molecule has 3 aromatic carbocycles. The molecule has 1 saturated heterocycles. The minimum atomic E-state index is -1.14. The van der Waals surface area contributed by atoms with Gasteiger partial charge in [-0.2, -0.15) is 5.10 Å². The first-order valence-corrected chi connectivity index (χ1v) is 12.9. The second kappa shape index (κ2) is 9.63. The van der Waals surface area contributed by atoms with E-state index in [4.69, 9.17) is 4.74 Å². The molecule has 1 unspecified atom stereocenters. The van der Waals surface area contributed by atoms with Crippen LogP contribution in [0.15, 0.2) is 79.1 Å². The molecule has 1 fully saturated rings. The lowest BCUT2D eigenvalue weighted by molar-refractivity contribution is -0.0138. The molecule has 1 aromatic heterocycles. The third-order valence-corrected chi connectivity index (χ3v) is 7.71. The minimum Gasteiger partial charge on any atom is -0.485 e. The van der Waals surface area contributed by atoms with Gasteiger partial charge >= 0.3 is 5.97 Å². The van der Waals surface area contributed by atoms with Gasteiger partial charge in [0.25, 0.3) is 0 Å². The van der Waals surface area contributed by atoms with E-state index in [-0.39, 0.29) is 16.9 Å². The standard InChI is InChI=1S/C31H27N3O5/c1-34-18-22(17-33-34)20-8-10-26-25(15-20)29(36)27(31(39-26)11-13-32-14-12-31)28(35)24-16-21(30(37)38)7-9-23(24)19-5-3-2-4-6-19/h2-10,15-18,27,32H,11-14H2,1H3,(H,37,38). The van der Waals surface area contributed by atoms with Crippen LogP contribution in [0.4, 0.5) is 0 Å². The molecule has 2 aliphatic heterocycles. The normalized spacial score (nSPS) is 17.9. The Bertz CT molecular complexity index is 1600. The summed E-state index contributed by atoms with van der Waals surface area (Å²) in [6.07, 6.45) is 4.52. The van der Waals surface area contributed by atoms with E-state index in [1.54, 1.807) is 29.1 Å². The maximum atomic E-state index is 14.5. The maximum Gasteiger partial charge on any atom is 0.335 e. The van der Waals surface area contributed by atoms with E-state index < -0.39 is 23.3 Å². The van der Waals surface area contributed by atoms with Crippen molar-refractivity contribution in [2.75, 3.05) is 13.1 Å². The molecule has 0 saturated carbocycles. The molecule has 6 rings (SSSR count). The number of benzene rings is 3. The first-order valence-electron chi connectivity index (χ1n) is 12.9. The topological polar surface area (TPSA) is 111 Å². The second-order valence-corrected chi connectivity index (χ2v) is 10.1. The number of carbonyl (C=O) groups is 3. The van der Waals surface area contributed by atoms with Crippen LogP contribution in [0.1, 0.15) is 43.9 Å². The number of aromatic nitrogens is 2. The zero-order chi connectivity index (χ0) is 27.1. The Labute approximate surface area is 225 Å². The zero-order valence-corrected chi connectivity index (χ0v) is 21.4. The van der Waals surface area contributed by atoms with Crippen molar-refractivity contribution in [2.24, 2.45) is 13.0 Å². The van der Waals surface area contributed by atoms with Crippen LogP contribution in [0, 0.1) is 5.92 Å². The number of piperidine rings is 1. The zero-order valence-electron chi connectivity index (χ0n) is 21.4. The van der Waals surface area contributed by atoms with E-state index in [9.17, 15) is 19.5 Å². The molecule has 2 aliphatic rings. The van der Waals surface area contributed by atoms with Crippen LogP contribution < -0.4 is 10.1 Å². The summed E-state index contributed by atoms with van der Waals surface area (Å²) in [5.74, 6) is -2.54. The van der Waals surface area contributed by atoms with Gasteiger partial charge in [0.1, 0.15) is 17.3 Å². The molecule has 196 valence electrons. The number of fused-ring (bicyclic) bond motifs is 1. The number of hydrogen-bond acceptors (Lipinski definition) is 6. The van der Waals surface area contributed by atoms with Crippen LogP contribution in [0.2, 0.25) is 0 Å². The monoisotopic (exact) mass is 521 g/mol. The SMILES string of the molecule is Cn1cc(-c2ccc3c(c2)C(=O)C(C(=O)c2cc(C(=O)O)ccc2-c2ccccc2)C2(CCNCC2)O3)cn1. The van der Waals surface area contributed by atoms with Gasteiger partial charge in [-0.15, -0.1) is 0 Å². The van der Waals surface area contributed by atoms with E-state index in [0.29, 0.717) is 42.8 Å². The summed E-state index contributed by atoms with van der Waals surface area (Å²) in [5, 5.41) is 17.2. The molecule has 39 heavy (non-hydrogen) atoms. The summed E-state index contributed by atoms with van der Waals surface area (Å²) < 4.78 is 8.27. The largest absolute Gasteiger partial charge is 0.485 e. The fourth-order valence-corrected chi connectivity index (χ4v) is 5.74. The van der Waals surface area contributed by atoms with Gasteiger partial charge in [-0.1, -0.05) is 42.5 Å². The fraction of sp³-hybridized carbons (Fsp3) is 0.226. The molecule has 0 radical (unpaired) electrons. The number of ketones is 2. The molecule has 1 spiro atoms. The first-order chi connectivity index (χ1) is 18.9. The number of nitrogens with one attached hydrogen (secondary N) is 1. The summed E-state index contributed by atoms with van der Waals surface area (Å²) in [5.41, 5.74) is 2.49. The minimum absolute atomic E-state index is 0.0131. The lowest BCUT2D eigenvalue weighted by Crippen LogP contribution is -2.58. The number of hydrogen-bond donors (Lipinski definition) is 2. The number of nitrogens with zero attached hydrogens (tertiary/aromatic N) is 2. The van der Waals surface area contributed by atoms with Crippen LogP contribution in [0.25, 0.3) is 22.3 Å². The van der Waals surface area contributed by atoms with Gasteiger partial charge in [0.2, 0.25) is 0 Å². The average Bonchev–Trinajstić information content (AvgIpc) is 3.39. The highest BCUT2D eigenvalue weighted by Crippen LogP contribution is 2.45. The van der Waals surface area contributed by atoms with Gasteiger partial charge in [0.15, 0.2) is 11.6 Å². The molecular weight excluding hydrogens is 494 g/mol. The third kappa shape index (κ3) is 4.32. The number of rotatable bonds is 5. The molecule has 8 heteroatoms. The van der Waals surface area contributed by atoms with Gasteiger partial charge in [0.05, 0.1) is 17.3 Å². The fourth-order valence-electron chi connectivity index (χ4n) is 5.74. The molecule has 0 aliphatic carbocycles. The van der Waals surface area contributed by atoms with Crippen LogP contribution >= 0.6 is 0 Å². The van der Waals surface area contributed by atoms with Crippen LogP contribution in [-0.4, -0.2) is 51.1 Å². The van der Waals surface area contributed by atoms with Crippen molar-refractivity contribution in [3.63, 3.8) is 0 Å². The van der Waals surface area contributed by atoms with Crippen LogP contribution in [-0.2, 0) is 7.05 Å². The first kappa shape index (κ1) is 24.8. The Balaban J connectivity index is 1.50. The molecule has 8 nitrogen and oxygen atoms in total. The Kier molecular flexibility index (Phi) is 6.12. The second-order valence-electron chi connectivity index (χ2n) is 10.1. The van der Waals surface area contributed by atoms with Crippen molar-refractivity contribution in [1.29, 1.82) is 0 Å². The van der Waals surface area contributed by atoms with Gasteiger partial charge in [-0.05, 0) is 54.0 Å². The molecule has 0 bridgehead atoms. The van der Waals surface area contributed by atoms with E-state index in [2.05, 4.69) is 10.4 Å². The predicted octanol–water partition coefficient (Wildman–Crippen LogP) is 4.65. The average molecular weight is 522 g/mol. The highest BCUT2D eigenvalue weighted by atomic mass is 16.5. The van der Waals surface area contributed by atoms with E-state index in [0.717, 1.165) is 16.7 Å². The van der Waals surface area contributed by atoms with Gasteiger partial charge in [0, 0.05) is 37.2 Å². The number of carboxylic acid groups (broad SMARTS) is 1. The van der Waals surface area contributed by atoms with Crippen LogP contribution in [0.3, 0.4) is 0 Å². The van der Waals surface area contributed by atoms with Gasteiger partial charge in [-0.25, -0.2) is 4.79 Å². The summed E-state index contributed by atoms with van der Waals surface area (Å²) in [4.78, 5) is 40.7. The van der Waals surface area contributed by atoms with Crippen molar-refractivity contribution in [3.05, 3.63) is 95.8 Å². The smallest absolute Gasteiger partial charge is 0.335 e. The molecule has 0 amide bonds.